The van der Waals surface area contributed by atoms with Crippen LogP contribution >= 0.6 is 0 Å². The number of amides is 1. The summed E-state index contributed by atoms with van der Waals surface area (Å²) >= 11 is 0. The monoisotopic (exact) mass is 450 g/mol. The Kier molecular flexibility index (Phi) is 7.04. The molecule has 0 spiro atoms. The van der Waals surface area contributed by atoms with Crippen molar-refractivity contribution < 1.29 is 9.18 Å². The highest BCUT2D eigenvalue weighted by Crippen LogP contribution is 2.40. The standard InChI is InChI=1S/C27H35FN4O/c28-23-14-20(18-32-11-5-2-6-12-32)13-22(15-23)21-9-10-25-24(16-21)26(31-30-25)27(33)29-17-19-7-3-1-4-8-19/h1,3-4,7-8,13-15,21,24-26,30-31H,2,5-6,9-12,16-18H2,(H,29,33). The highest BCUT2D eigenvalue weighted by molar-refractivity contribution is 5.82. The zero-order chi connectivity index (χ0) is 22.6. The Balaban J connectivity index is 1.24. The summed E-state index contributed by atoms with van der Waals surface area (Å²) in [6.45, 7) is 3.58. The molecule has 1 saturated carbocycles. The zero-order valence-electron chi connectivity index (χ0n) is 19.2. The SMILES string of the molecule is O=C(NCc1ccccc1)C1NNC2CCC(c3cc(F)cc(CN4CCCCC4)c3)CC21. The largest absolute Gasteiger partial charge is 0.351 e. The van der Waals surface area contributed by atoms with Crippen LogP contribution in [-0.2, 0) is 17.9 Å². The summed E-state index contributed by atoms with van der Waals surface area (Å²) < 4.78 is 14.6. The first-order valence-electron chi connectivity index (χ1n) is 12.5. The van der Waals surface area contributed by atoms with E-state index >= 15 is 0 Å². The lowest BCUT2D eigenvalue weighted by Crippen LogP contribution is -2.45. The highest BCUT2D eigenvalue weighted by atomic mass is 19.1. The summed E-state index contributed by atoms with van der Waals surface area (Å²) in [4.78, 5) is 15.4. The molecule has 6 heteroatoms. The molecule has 4 atom stereocenters. The van der Waals surface area contributed by atoms with Crippen LogP contribution in [0.4, 0.5) is 4.39 Å². The third-order valence-electron chi connectivity index (χ3n) is 7.65. The van der Waals surface area contributed by atoms with Crippen LogP contribution in [-0.4, -0.2) is 36.0 Å². The van der Waals surface area contributed by atoms with Crippen molar-refractivity contribution in [3.8, 4) is 0 Å². The van der Waals surface area contributed by atoms with Crippen LogP contribution in [0.3, 0.4) is 0 Å². The van der Waals surface area contributed by atoms with E-state index in [1.165, 1.54) is 19.3 Å². The van der Waals surface area contributed by atoms with Crippen molar-refractivity contribution in [2.75, 3.05) is 13.1 Å². The van der Waals surface area contributed by atoms with Crippen molar-refractivity contribution in [2.24, 2.45) is 5.92 Å². The van der Waals surface area contributed by atoms with Crippen LogP contribution in [0, 0.1) is 11.7 Å². The van der Waals surface area contributed by atoms with Gasteiger partial charge < -0.3 is 5.32 Å². The molecule has 0 radical (unpaired) electrons. The van der Waals surface area contributed by atoms with Gasteiger partial charge in [0.25, 0.3) is 0 Å². The molecule has 3 aliphatic rings. The van der Waals surface area contributed by atoms with Gasteiger partial charge in [0.1, 0.15) is 11.9 Å². The molecule has 0 aromatic heterocycles. The number of piperidine rings is 1. The lowest BCUT2D eigenvalue weighted by molar-refractivity contribution is -0.124. The minimum absolute atomic E-state index is 0.0320. The predicted octanol–water partition coefficient (Wildman–Crippen LogP) is 3.86. The molecule has 2 heterocycles. The smallest absolute Gasteiger partial charge is 0.239 e. The number of benzene rings is 2. The number of nitrogens with one attached hydrogen (secondary N) is 3. The van der Waals surface area contributed by atoms with Gasteiger partial charge >= 0.3 is 0 Å². The molecule has 5 nitrogen and oxygen atoms in total. The fourth-order valence-electron chi connectivity index (χ4n) is 5.89. The number of fused-ring (bicyclic) bond motifs is 1. The fourth-order valence-corrected chi connectivity index (χ4v) is 5.89. The molecule has 2 aromatic rings. The Bertz CT molecular complexity index is 946. The number of likely N-dealkylation sites (tertiary alicyclic amines) is 1. The molecule has 2 aliphatic heterocycles. The molecular weight excluding hydrogens is 415 g/mol. The molecule has 4 unspecified atom stereocenters. The van der Waals surface area contributed by atoms with E-state index in [0.29, 0.717) is 6.54 Å². The molecule has 2 saturated heterocycles. The normalized spacial score (nSPS) is 27.8. The van der Waals surface area contributed by atoms with E-state index in [9.17, 15) is 9.18 Å². The maximum atomic E-state index is 14.6. The lowest BCUT2D eigenvalue weighted by atomic mass is 9.73. The minimum atomic E-state index is -0.261. The summed E-state index contributed by atoms with van der Waals surface area (Å²) in [5.41, 5.74) is 9.85. The Morgan fingerprint density at radius 3 is 2.64 bits per heavy atom. The summed E-state index contributed by atoms with van der Waals surface area (Å²) in [5, 5.41) is 3.09. The molecule has 3 N–H and O–H groups in total. The van der Waals surface area contributed by atoms with Gasteiger partial charge in [0.15, 0.2) is 0 Å². The van der Waals surface area contributed by atoms with Crippen molar-refractivity contribution >= 4 is 5.91 Å². The van der Waals surface area contributed by atoms with Crippen LogP contribution in [0.15, 0.2) is 48.5 Å². The van der Waals surface area contributed by atoms with Crippen LogP contribution in [0.2, 0.25) is 0 Å². The average Bonchev–Trinajstić information content (AvgIpc) is 3.27. The average molecular weight is 451 g/mol. The maximum Gasteiger partial charge on any atom is 0.239 e. The van der Waals surface area contributed by atoms with Gasteiger partial charge in [-0.05, 0) is 79.9 Å². The summed E-state index contributed by atoms with van der Waals surface area (Å²) in [6.07, 6.45) is 6.67. The van der Waals surface area contributed by atoms with Crippen LogP contribution < -0.4 is 16.2 Å². The third kappa shape index (κ3) is 5.45. The van der Waals surface area contributed by atoms with Gasteiger partial charge in [0.2, 0.25) is 5.91 Å². The molecule has 33 heavy (non-hydrogen) atoms. The Hall–Kier alpha value is -2.28. The van der Waals surface area contributed by atoms with Crippen molar-refractivity contribution in [3.63, 3.8) is 0 Å². The van der Waals surface area contributed by atoms with E-state index in [-0.39, 0.29) is 35.6 Å². The van der Waals surface area contributed by atoms with Gasteiger partial charge in [-0.3, -0.25) is 15.1 Å². The molecule has 1 amide bonds. The highest BCUT2D eigenvalue weighted by Gasteiger charge is 2.43. The predicted molar refractivity (Wildman–Crippen MR) is 128 cm³/mol. The topological polar surface area (TPSA) is 56.4 Å². The number of nitrogens with zero attached hydrogens (tertiary/aromatic N) is 1. The number of halogens is 1. The molecular formula is C27H35FN4O. The van der Waals surface area contributed by atoms with Crippen molar-refractivity contribution in [1.29, 1.82) is 0 Å². The van der Waals surface area contributed by atoms with E-state index in [1.807, 2.05) is 30.3 Å². The number of carbonyl (C=O) groups is 1. The van der Waals surface area contributed by atoms with Crippen LogP contribution in [0.5, 0.6) is 0 Å². The van der Waals surface area contributed by atoms with Crippen LogP contribution in [0.25, 0.3) is 0 Å². The Morgan fingerprint density at radius 1 is 1.00 bits per heavy atom. The van der Waals surface area contributed by atoms with E-state index in [0.717, 1.165) is 55.6 Å². The molecule has 1 aliphatic carbocycles. The molecule has 5 rings (SSSR count). The molecule has 0 bridgehead atoms. The maximum absolute atomic E-state index is 14.6. The first kappa shape index (κ1) is 22.5. The summed E-state index contributed by atoms with van der Waals surface area (Å²) in [7, 11) is 0. The quantitative estimate of drug-likeness (QED) is 0.626. The van der Waals surface area contributed by atoms with Gasteiger partial charge in [-0.25, -0.2) is 9.82 Å². The number of hydrogen-bond acceptors (Lipinski definition) is 4. The van der Waals surface area contributed by atoms with E-state index in [2.05, 4.69) is 27.1 Å². The third-order valence-corrected chi connectivity index (χ3v) is 7.65. The van der Waals surface area contributed by atoms with Gasteiger partial charge in [-0.1, -0.05) is 42.8 Å². The van der Waals surface area contributed by atoms with E-state index in [4.69, 9.17) is 0 Å². The van der Waals surface area contributed by atoms with Gasteiger partial charge in [-0.2, -0.15) is 0 Å². The Morgan fingerprint density at radius 2 is 1.82 bits per heavy atom. The number of carbonyl (C=O) groups excluding carboxylic acids is 1. The zero-order valence-corrected chi connectivity index (χ0v) is 19.2. The minimum Gasteiger partial charge on any atom is -0.351 e. The first-order chi connectivity index (χ1) is 16.2. The van der Waals surface area contributed by atoms with Gasteiger partial charge in [-0.15, -0.1) is 0 Å². The van der Waals surface area contributed by atoms with E-state index in [1.54, 1.807) is 12.1 Å². The van der Waals surface area contributed by atoms with Crippen molar-refractivity contribution in [1.82, 2.24) is 21.1 Å². The summed E-state index contributed by atoms with van der Waals surface area (Å²) in [6, 6.07) is 15.6. The second-order valence-electron chi connectivity index (χ2n) is 9.98. The molecule has 3 fully saturated rings. The first-order valence-corrected chi connectivity index (χ1v) is 12.5. The number of hydrazine groups is 1. The Labute approximate surface area is 196 Å². The van der Waals surface area contributed by atoms with E-state index < -0.39 is 0 Å². The van der Waals surface area contributed by atoms with Gasteiger partial charge in [0.05, 0.1) is 0 Å². The second kappa shape index (κ2) is 10.3. The van der Waals surface area contributed by atoms with Gasteiger partial charge in [0, 0.05) is 25.0 Å². The second-order valence-corrected chi connectivity index (χ2v) is 9.98. The number of hydrogen-bond donors (Lipinski definition) is 3. The fraction of sp³-hybridized carbons (Fsp3) is 0.519. The molecule has 2 aromatic carbocycles. The number of rotatable bonds is 6. The van der Waals surface area contributed by atoms with Crippen molar-refractivity contribution in [3.05, 3.63) is 71.0 Å². The summed E-state index contributed by atoms with van der Waals surface area (Å²) in [5.74, 6) is 0.382. The molecule has 176 valence electrons. The lowest BCUT2D eigenvalue weighted by Gasteiger charge is -2.33. The van der Waals surface area contributed by atoms with Crippen LogP contribution in [0.1, 0.15) is 61.1 Å². The van der Waals surface area contributed by atoms with Crippen molar-refractivity contribution in [2.45, 2.75) is 69.6 Å².